The van der Waals surface area contributed by atoms with Crippen molar-refractivity contribution in [3.8, 4) is 0 Å². The molecular formula is C8H15N3S. The van der Waals surface area contributed by atoms with Crippen LogP contribution >= 0.6 is 11.8 Å². The predicted octanol–water partition coefficient (Wildman–Crippen LogP) is 1.74. The molecule has 0 bridgehead atoms. The molecule has 0 saturated heterocycles. The zero-order chi connectivity index (χ0) is 8.97. The number of hydrogen-bond acceptors (Lipinski definition) is 3. The largest absolute Gasteiger partial charge is 0.384 e. The number of thioether (sulfide) groups is 1. The number of nitrogens with zero attached hydrogens (tertiary/aromatic N) is 2. The smallest absolute Gasteiger partial charge is 0.123 e. The SMILES string of the molecule is CCSCc1ncc(N)n1CC. The molecule has 0 radical (unpaired) electrons. The Balaban J connectivity index is 2.70. The van der Waals surface area contributed by atoms with Crippen molar-refractivity contribution in [1.82, 2.24) is 9.55 Å². The maximum absolute atomic E-state index is 5.71. The molecule has 1 aromatic heterocycles. The van der Waals surface area contributed by atoms with Gasteiger partial charge in [-0.05, 0) is 12.7 Å². The van der Waals surface area contributed by atoms with Gasteiger partial charge in [0.1, 0.15) is 11.6 Å². The number of rotatable bonds is 4. The minimum Gasteiger partial charge on any atom is -0.384 e. The molecule has 0 aliphatic carbocycles. The summed E-state index contributed by atoms with van der Waals surface area (Å²) in [5.74, 6) is 3.93. The van der Waals surface area contributed by atoms with Crippen LogP contribution in [0.25, 0.3) is 0 Å². The van der Waals surface area contributed by atoms with Crippen molar-refractivity contribution in [2.24, 2.45) is 0 Å². The normalized spacial score (nSPS) is 10.5. The van der Waals surface area contributed by atoms with Crippen LogP contribution in [0.1, 0.15) is 19.7 Å². The molecular weight excluding hydrogens is 170 g/mol. The highest BCUT2D eigenvalue weighted by atomic mass is 32.2. The van der Waals surface area contributed by atoms with Crippen LogP contribution in [0.5, 0.6) is 0 Å². The van der Waals surface area contributed by atoms with E-state index in [2.05, 4.69) is 18.8 Å². The van der Waals surface area contributed by atoms with E-state index < -0.39 is 0 Å². The van der Waals surface area contributed by atoms with Gasteiger partial charge < -0.3 is 10.3 Å². The molecule has 4 heteroatoms. The van der Waals surface area contributed by atoms with Crippen LogP contribution in [0.15, 0.2) is 6.20 Å². The quantitative estimate of drug-likeness (QED) is 0.777. The number of imidazole rings is 1. The van der Waals surface area contributed by atoms with E-state index >= 15 is 0 Å². The lowest BCUT2D eigenvalue weighted by molar-refractivity contribution is 0.735. The summed E-state index contributed by atoms with van der Waals surface area (Å²) in [6.07, 6.45) is 1.73. The number of nitrogen functional groups attached to an aromatic ring is 1. The highest BCUT2D eigenvalue weighted by molar-refractivity contribution is 7.98. The van der Waals surface area contributed by atoms with Crippen LogP contribution in [-0.4, -0.2) is 15.3 Å². The van der Waals surface area contributed by atoms with Crippen molar-refractivity contribution >= 4 is 17.6 Å². The zero-order valence-electron chi connectivity index (χ0n) is 7.58. The van der Waals surface area contributed by atoms with Gasteiger partial charge in [0.15, 0.2) is 0 Å². The first kappa shape index (κ1) is 9.45. The fourth-order valence-corrected chi connectivity index (χ4v) is 1.72. The van der Waals surface area contributed by atoms with Crippen molar-refractivity contribution in [3.05, 3.63) is 12.0 Å². The number of anilines is 1. The first-order valence-corrected chi connectivity index (χ1v) is 5.32. The van der Waals surface area contributed by atoms with Crippen LogP contribution in [0.4, 0.5) is 5.82 Å². The number of hydrogen-bond donors (Lipinski definition) is 1. The summed E-state index contributed by atoms with van der Waals surface area (Å²) in [4.78, 5) is 4.24. The second-order valence-electron chi connectivity index (χ2n) is 2.48. The third kappa shape index (κ3) is 1.94. The molecule has 0 aliphatic rings. The molecule has 1 rings (SSSR count). The van der Waals surface area contributed by atoms with Gasteiger partial charge in [-0.15, -0.1) is 0 Å². The average Bonchev–Trinajstić information content (AvgIpc) is 2.43. The maximum Gasteiger partial charge on any atom is 0.123 e. The lowest BCUT2D eigenvalue weighted by Gasteiger charge is -2.04. The molecule has 1 heterocycles. The first-order chi connectivity index (χ1) is 5.79. The summed E-state index contributed by atoms with van der Waals surface area (Å²) < 4.78 is 2.04. The molecule has 12 heavy (non-hydrogen) atoms. The van der Waals surface area contributed by atoms with E-state index in [4.69, 9.17) is 5.73 Å². The van der Waals surface area contributed by atoms with Crippen LogP contribution in [-0.2, 0) is 12.3 Å². The van der Waals surface area contributed by atoms with Gasteiger partial charge in [0.2, 0.25) is 0 Å². The monoisotopic (exact) mass is 185 g/mol. The summed E-state index contributed by atoms with van der Waals surface area (Å²) in [6, 6.07) is 0. The molecule has 0 fully saturated rings. The Kier molecular flexibility index (Phi) is 3.47. The predicted molar refractivity (Wildman–Crippen MR) is 54.1 cm³/mol. The van der Waals surface area contributed by atoms with Crippen molar-refractivity contribution in [3.63, 3.8) is 0 Å². The Labute approximate surface area is 77.4 Å². The summed E-state index contributed by atoms with van der Waals surface area (Å²) in [5.41, 5.74) is 5.71. The highest BCUT2D eigenvalue weighted by Crippen LogP contribution is 2.13. The molecule has 0 atom stereocenters. The lowest BCUT2D eigenvalue weighted by atomic mass is 10.6. The average molecular weight is 185 g/mol. The molecule has 0 aromatic carbocycles. The molecule has 0 amide bonds. The summed E-state index contributed by atoms with van der Waals surface area (Å²) in [6.45, 7) is 5.14. The van der Waals surface area contributed by atoms with E-state index in [1.165, 1.54) is 0 Å². The van der Waals surface area contributed by atoms with Crippen molar-refractivity contribution in [2.45, 2.75) is 26.1 Å². The van der Waals surface area contributed by atoms with E-state index in [0.29, 0.717) is 0 Å². The van der Waals surface area contributed by atoms with Gasteiger partial charge in [0.25, 0.3) is 0 Å². The molecule has 2 N–H and O–H groups in total. The summed E-state index contributed by atoms with van der Waals surface area (Å²) in [7, 11) is 0. The Morgan fingerprint density at radius 1 is 1.58 bits per heavy atom. The lowest BCUT2D eigenvalue weighted by Crippen LogP contribution is -2.04. The van der Waals surface area contributed by atoms with Crippen molar-refractivity contribution in [1.29, 1.82) is 0 Å². The van der Waals surface area contributed by atoms with Crippen LogP contribution in [0.2, 0.25) is 0 Å². The Hall–Kier alpha value is -0.640. The zero-order valence-corrected chi connectivity index (χ0v) is 8.40. The second-order valence-corrected chi connectivity index (χ2v) is 3.75. The molecule has 0 aliphatic heterocycles. The van der Waals surface area contributed by atoms with E-state index in [-0.39, 0.29) is 0 Å². The first-order valence-electron chi connectivity index (χ1n) is 4.17. The third-order valence-electron chi connectivity index (χ3n) is 1.72. The fourth-order valence-electron chi connectivity index (χ4n) is 1.10. The van der Waals surface area contributed by atoms with E-state index in [9.17, 15) is 0 Å². The fraction of sp³-hybridized carbons (Fsp3) is 0.625. The van der Waals surface area contributed by atoms with Gasteiger partial charge in [-0.25, -0.2) is 4.98 Å². The summed E-state index contributed by atoms with van der Waals surface area (Å²) in [5, 5.41) is 0. The van der Waals surface area contributed by atoms with Crippen molar-refractivity contribution in [2.75, 3.05) is 11.5 Å². The van der Waals surface area contributed by atoms with Gasteiger partial charge in [-0.3, -0.25) is 0 Å². The molecule has 1 aromatic rings. The number of aromatic nitrogens is 2. The Morgan fingerprint density at radius 3 is 2.92 bits per heavy atom. The van der Waals surface area contributed by atoms with Crippen LogP contribution in [0.3, 0.4) is 0 Å². The second kappa shape index (κ2) is 4.40. The van der Waals surface area contributed by atoms with Gasteiger partial charge in [-0.1, -0.05) is 6.92 Å². The Morgan fingerprint density at radius 2 is 2.33 bits per heavy atom. The van der Waals surface area contributed by atoms with Crippen molar-refractivity contribution < 1.29 is 0 Å². The molecule has 0 unspecified atom stereocenters. The van der Waals surface area contributed by atoms with E-state index in [0.717, 1.165) is 29.7 Å². The molecule has 0 saturated carbocycles. The minimum absolute atomic E-state index is 0.768. The van der Waals surface area contributed by atoms with Gasteiger partial charge in [-0.2, -0.15) is 11.8 Å². The topological polar surface area (TPSA) is 43.8 Å². The standard InChI is InChI=1S/C8H15N3S/c1-3-11-7(9)5-10-8(11)6-12-4-2/h5H,3-4,6,9H2,1-2H3. The Bertz CT molecular complexity index is 244. The molecule has 68 valence electrons. The highest BCUT2D eigenvalue weighted by Gasteiger charge is 2.04. The van der Waals surface area contributed by atoms with Gasteiger partial charge in [0.05, 0.1) is 11.9 Å². The third-order valence-corrected chi connectivity index (χ3v) is 2.59. The van der Waals surface area contributed by atoms with Crippen LogP contribution in [0, 0.1) is 0 Å². The van der Waals surface area contributed by atoms with Gasteiger partial charge >= 0.3 is 0 Å². The summed E-state index contributed by atoms with van der Waals surface area (Å²) >= 11 is 1.87. The molecule has 3 nitrogen and oxygen atoms in total. The van der Waals surface area contributed by atoms with Gasteiger partial charge in [0, 0.05) is 6.54 Å². The minimum atomic E-state index is 0.768. The molecule has 0 spiro atoms. The number of nitrogens with two attached hydrogens (primary N) is 1. The van der Waals surface area contributed by atoms with E-state index in [1.54, 1.807) is 6.20 Å². The van der Waals surface area contributed by atoms with Crippen LogP contribution < -0.4 is 5.73 Å². The maximum atomic E-state index is 5.71. The van der Waals surface area contributed by atoms with E-state index in [1.807, 2.05) is 16.3 Å².